The number of benzene rings is 3. The molecule has 1 fully saturated rings. The van der Waals surface area contributed by atoms with Gasteiger partial charge in [-0.05, 0) is 47.4 Å². The number of ether oxygens (including phenoxy) is 4. The van der Waals surface area contributed by atoms with Gasteiger partial charge in [0.15, 0.2) is 12.5 Å². The normalized spacial score (nSPS) is 14.5. The first kappa shape index (κ1) is 30.0. The third kappa shape index (κ3) is 6.95. The highest BCUT2D eigenvalue weighted by Gasteiger charge is 2.26. The molecule has 1 aromatic heterocycles. The monoisotopic (exact) mass is 611 g/mol. The lowest BCUT2D eigenvalue weighted by atomic mass is 10.0. The lowest BCUT2D eigenvalue weighted by Gasteiger charge is -2.18. The van der Waals surface area contributed by atoms with E-state index in [1.807, 2.05) is 30.3 Å². The molecule has 1 saturated heterocycles. The molecule has 0 atom stereocenters. The van der Waals surface area contributed by atoms with E-state index in [9.17, 15) is 9.00 Å². The van der Waals surface area contributed by atoms with E-state index in [1.165, 1.54) is 10.9 Å². The lowest BCUT2D eigenvalue weighted by molar-refractivity contribution is -0.00820. The Hall–Kier alpha value is -3.44. The van der Waals surface area contributed by atoms with Gasteiger partial charge in [0.25, 0.3) is 0 Å². The van der Waals surface area contributed by atoms with Crippen LogP contribution in [-0.4, -0.2) is 58.4 Å². The van der Waals surface area contributed by atoms with E-state index >= 15 is 0 Å². The Morgan fingerprint density at radius 2 is 1.79 bits per heavy atom. The van der Waals surface area contributed by atoms with Crippen LogP contribution in [0.15, 0.2) is 65.2 Å². The van der Waals surface area contributed by atoms with Crippen molar-refractivity contribution in [3.05, 3.63) is 82.5 Å². The van der Waals surface area contributed by atoms with Gasteiger partial charge in [0.05, 0.1) is 34.2 Å². The summed E-state index contributed by atoms with van der Waals surface area (Å²) < 4.78 is 42.0. The summed E-state index contributed by atoms with van der Waals surface area (Å²) in [5.74, 6) is 1.16. The van der Waals surface area contributed by atoms with Crippen LogP contribution < -0.4 is 9.47 Å². The number of methoxy groups -OCH3 is 1. The van der Waals surface area contributed by atoms with Crippen molar-refractivity contribution in [3.63, 3.8) is 0 Å². The number of carbonyl (C=O) groups is 1. The van der Waals surface area contributed by atoms with Crippen molar-refractivity contribution in [2.45, 2.75) is 25.9 Å². The quantitative estimate of drug-likeness (QED) is 0.105. The zero-order valence-electron chi connectivity index (χ0n) is 23.7. The fraction of sp³-hybridized carbons (Fsp3) is 0.355. The molecule has 1 aliphatic heterocycles. The largest absolute Gasteiger partial charge is 0.472 e. The number of aromatic nitrogens is 2. The zero-order valence-corrected chi connectivity index (χ0v) is 25.3. The Morgan fingerprint density at radius 1 is 1.00 bits per heavy atom. The van der Waals surface area contributed by atoms with Crippen LogP contribution in [-0.2, 0) is 32.9 Å². The van der Waals surface area contributed by atoms with Crippen LogP contribution in [0.2, 0.25) is 5.02 Å². The Balaban J connectivity index is 1.43. The number of hydrogen-bond acceptors (Lipinski definition) is 8. The molecule has 0 amide bonds. The van der Waals surface area contributed by atoms with Crippen molar-refractivity contribution < 1.29 is 28.0 Å². The lowest BCUT2D eigenvalue weighted by Crippen LogP contribution is -2.16. The highest BCUT2D eigenvalue weighted by atomic mass is 35.5. The van der Waals surface area contributed by atoms with E-state index in [2.05, 4.69) is 21.6 Å². The molecule has 11 heteroatoms. The second kappa shape index (κ2) is 13.7. The maximum Gasteiger partial charge on any atom is 0.223 e. The first-order valence-corrected chi connectivity index (χ1v) is 16.0. The van der Waals surface area contributed by atoms with Crippen molar-refractivity contribution >= 4 is 43.6 Å². The van der Waals surface area contributed by atoms with Crippen LogP contribution in [0.5, 0.6) is 11.6 Å². The Morgan fingerprint density at radius 3 is 2.57 bits per heavy atom. The first-order valence-electron chi connectivity index (χ1n) is 13.8. The molecule has 4 aromatic rings. The van der Waals surface area contributed by atoms with Crippen molar-refractivity contribution in [3.8, 4) is 11.6 Å². The Kier molecular flexibility index (Phi) is 9.79. The van der Waals surface area contributed by atoms with E-state index in [0.717, 1.165) is 35.6 Å². The summed E-state index contributed by atoms with van der Waals surface area (Å²) in [6.45, 7) is 0.926. The number of hydrogen-bond donors (Lipinski definition) is 0. The van der Waals surface area contributed by atoms with Gasteiger partial charge in [0.1, 0.15) is 17.9 Å². The van der Waals surface area contributed by atoms with Crippen LogP contribution in [0.25, 0.3) is 10.8 Å². The molecule has 0 radical (unpaired) electrons. The molecule has 1 aliphatic rings. The molecule has 9 nitrogen and oxygen atoms in total. The second-order valence-electron chi connectivity index (χ2n) is 10.1. The Labute approximate surface area is 250 Å². The predicted octanol–water partition coefficient (Wildman–Crippen LogP) is 6.32. The fourth-order valence-corrected chi connectivity index (χ4v) is 7.35. The van der Waals surface area contributed by atoms with Gasteiger partial charge in [0.2, 0.25) is 11.7 Å². The van der Waals surface area contributed by atoms with Crippen LogP contribution in [0, 0.1) is 0 Å². The van der Waals surface area contributed by atoms with Crippen molar-refractivity contribution in [2.24, 2.45) is 11.4 Å². The number of ketones is 1. The summed E-state index contributed by atoms with van der Waals surface area (Å²) in [5.41, 5.74) is 1.58. The number of nitrogens with zero attached hydrogens (tertiary/aromatic N) is 3. The smallest absolute Gasteiger partial charge is 0.223 e. The van der Waals surface area contributed by atoms with Gasteiger partial charge in [-0.3, -0.25) is 4.79 Å². The van der Waals surface area contributed by atoms with Crippen molar-refractivity contribution in [2.75, 3.05) is 38.6 Å². The summed E-state index contributed by atoms with van der Waals surface area (Å²) in [6, 6.07) is 17.4. The predicted molar refractivity (Wildman–Crippen MR) is 164 cm³/mol. The number of halogens is 1. The molecular formula is C31H34ClN3O6S. The number of fused-ring (bicyclic) bond motifs is 1. The molecule has 5 rings (SSSR count). The summed E-state index contributed by atoms with van der Waals surface area (Å²) in [6.07, 6.45) is 4.12. The number of carbonyl (C=O) groups excluding carboxylic acids is 1. The average Bonchev–Trinajstić information content (AvgIpc) is 3.37. The molecule has 222 valence electrons. The van der Waals surface area contributed by atoms with E-state index < -0.39 is 9.73 Å². The van der Waals surface area contributed by atoms with Crippen molar-refractivity contribution in [1.29, 1.82) is 0 Å². The molecule has 42 heavy (non-hydrogen) atoms. The maximum atomic E-state index is 13.8. The number of rotatable bonds is 12. The van der Waals surface area contributed by atoms with Crippen LogP contribution >= 0.6 is 11.6 Å². The molecule has 0 spiro atoms. The summed E-state index contributed by atoms with van der Waals surface area (Å²) in [7, 11) is 0.748. The molecule has 2 heterocycles. The van der Waals surface area contributed by atoms with Gasteiger partial charge < -0.3 is 18.9 Å². The molecule has 0 aliphatic carbocycles. The number of aryl methyl sites for hydroxylation is 1. The maximum absolute atomic E-state index is 13.8. The zero-order chi connectivity index (χ0) is 29.5. The molecule has 0 N–H and O–H groups in total. The van der Waals surface area contributed by atoms with Crippen LogP contribution in [0.3, 0.4) is 0 Å². The third-order valence-electron chi connectivity index (χ3n) is 7.06. The van der Waals surface area contributed by atoms with E-state index in [1.54, 1.807) is 26.3 Å². The minimum Gasteiger partial charge on any atom is -0.472 e. The van der Waals surface area contributed by atoms with Gasteiger partial charge in [0, 0.05) is 31.2 Å². The molecule has 0 unspecified atom stereocenters. The fourth-order valence-electron chi connectivity index (χ4n) is 4.80. The molecule has 0 saturated carbocycles. The Bertz CT molecular complexity index is 1680. The van der Waals surface area contributed by atoms with Gasteiger partial charge in [-0.2, -0.15) is 9.46 Å². The molecular weight excluding hydrogens is 578 g/mol. The van der Waals surface area contributed by atoms with Crippen LogP contribution in [0.4, 0.5) is 5.69 Å². The van der Waals surface area contributed by atoms with Crippen molar-refractivity contribution in [1.82, 2.24) is 9.78 Å². The topological polar surface area (TPSA) is 101 Å². The summed E-state index contributed by atoms with van der Waals surface area (Å²) in [4.78, 5) is 13.8. The third-order valence-corrected chi connectivity index (χ3v) is 9.81. The highest BCUT2D eigenvalue weighted by molar-refractivity contribution is 7.93. The van der Waals surface area contributed by atoms with E-state index in [4.69, 9.17) is 30.5 Å². The highest BCUT2D eigenvalue weighted by Crippen LogP contribution is 2.41. The van der Waals surface area contributed by atoms with Gasteiger partial charge in [-0.25, -0.2) is 8.89 Å². The summed E-state index contributed by atoms with van der Waals surface area (Å²) in [5, 5.41) is 6.57. The van der Waals surface area contributed by atoms with Gasteiger partial charge in [-0.1, -0.05) is 54.4 Å². The minimum absolute atomic E-state index is 0.0621. The van der Waals surface area contributed by atoms with E-state index in [-0.39, 0.29) is 41.0 Å². The molecule has 0 bridgehead atoms. The van der Waals surface area contributed by atoms with Gasteiger partial charge >= 0.3 is 0 Å². The molecule has 3 aromatic carbocycles. The first-order chi connectivity index (χ1) is 20.4. The van der Waals surface area contributed by atoms with Gasteiger partial charge in [-0.15, -0.1) is 0 Å². The standard InChI is InChI=1S/C31H34ClN3O6S/c1-35-31(40-20-22-10-11-23-8-4-5-9-24(23)18-22)26(19-33-35)30(36)25-12-13-27(41-21-39-15-14-38-2)29(28(25)32)34-42(37)16-6-3-7-17-42/h4-5,8-13,18-19H,3,6-7,14-17,20-21H2,1-2H3. The minimum atomic E-state index is -2.55. The average molecular weight is 612 g/mol. The van der Waals surface area contributed by atoms with E-state index in [0.29, 0.717) is 36.3 Å². The van der Waals surface area contributed by atoms with Crippen LogP contribution in [0.1, 0.15) is 40.7 Å². The second-order valence-corrected chi connectivity index (χ2v) is 13.0. The SMILES string of the molecule is COCCOCOc1ccc(C(=O)c2cnn(C)c2OCc2ccc3ccccc3c2)c(Cl)c1N=S1(=O)CCCCC1. The summed E-state index contributed by atoms with van der Waals surface area (Å²) >= 11 is 6.84.